The first-order valence-corrected chi connectivity index (χ1v) is 6.23. The molecular weight excluding hydrogens is 250 g/mol. The fraction of sp³-hybridized carbons (Fsp3) is 0.500. The van der Waals surface area contributed by atoms with Gasteiger partial charge in [-0.1, -0.05) is 36.8 Å². The summed E-state index contributed by atoms with van der Waals surface area (Å²) in [6.07, 6.45) is 3.31. The van der Waals surface area contributed by atoms with Crippen molar-refractivity contribution in [1.82, 2.24) is 5.32 Å². The molecule has 0 saturated carbocycles. The van der Waals surface area contributed by atoms with E-state index in [0.29, 0.717) is 0 Å². The molecular formula is C14H20ClNO2. The van der Waals surface area contributed by atoms with Gasteiger partial charge in [0.2, 0.25) is 0 Å². The summed E-state index contributed by atoms with van der Waals surface area (Å²) < 4.78 is 5.47. The first-order chi connectivity index (χ1) is 8.27. The Kier molecular flexibility index (Phi) is 6.16. The highest BCUT2D eigenvalue weighted by molar-refractivity contribution is 5.85. The average molecular weight is 270 g/mol. The lowest BCUT2D eigenvalue weighted by atomic mass is 9.95. The number of piperidine rings is 1. The van der Waals surface area contributed by atoms with E-state index >= 15 is 0 Å². The quantitative estimate of drug-likeness (QED) is 0.858. The summed E-state index contributed by atoms with van der Waals surface area (Å²) in [5.74, 6) is -0.216. The van der Waals surface area contributed by atoms with Crippen LogP contribution in [0.15, 0.2) is 30.3 Å². The number of carbonyl (C=O) groups excluding carboxylic acids is 1. The van der Waals surface area contributed by atoms with Gasteiger partial charge in [0.1, 0.15) is 6.10 Å². The Labute approximate surface area is 114 Å². The summed E-state index contributed by atoms with van der Waals surface area (Å²) in [6.45, 7) is 2.48. The Morgan fingerprint density at radius 3 is 2.61 bits per heavy atom. The minimum Gasteiger partial charge on any atom is -0.456 e. The molecule has 1 aromatic carbocycles. The van der Waals surface area contributed by atoms with Gasteiger partial charge in [-0.05, 0) is 24.9 Å². The van der Waals surface area contributed by atoms with E-state index in [1.54, 1.807) is 0 Å². The van der Waals surface area contributed by atoms with Gasteiger partial charge in [0, 0.05) is 13.0 Å². The summed E-state index contributed by atoms with van der Waals surface area (Å²) in [7, 11) is 0. The van der Waals surface area contributed by atoms with Crippen molar-refractivity contribution >= 4 is 18.4 Å². The zero-order chi connectivity index (χ0) is 12.1. The molecule has 100 valence electrons. The summed E-state index contributed by atoms with van der Waals surface area (Å²) in [5.41, 5.74) is 1.07. The lowest BCUT2D eigenvalue weighted by molar-refractivity contribution is -0.148. The van der Waals surface area contributed by atoms with Gasteiger partial charge in [0.15, 0.2) is 0 Å². The molecule has 1 aromatic rings. The number of esters is 1. The van der Waals surface area contributed by atoms with Crippen molar-refractivity contribution in [3.63, 3.8) is 0 Å². The van der Waals surface area contributed by atoms with Crippen LogP contribution < -0.4 is 5.32 Å². The standard InChI is InChI=1S/C14H19NO2.ClH/c1-11(16)17-14(12-7-3-2-4-8-12)13-9-5-6-10-15-13;/h2-4,7-8,13-15H,5-6,9-10H2,1H3;1H/t13-,14-;/m1./s1. The normalized spacial score (nSPS) is 20.6. The zero-order valence-electron chi connectivity index (χ0n) is 10.6. The minimum atomic E-state index is -0.216. The van der Waals surface area contributed by atoms with Crippen molar-refractivity contribution in [1.29, 1.82) is 0 Å². The predicted octanol–water partition coefficient (Wildman–Crippen LogP) is 2.85. The van der Waals surface area contributed by atoms with Crippen LogP contribution in [0, 0.1) is 0 Å². The van der Waals surface area contributed by atoms with Gasteiger partial charge in [-0.2, -0.15) is 0 Å². The van der Waals surface area contributed by atoms with Crippen molar-refractivity contribution in [3.8, 4) is 0 Å². The van der Waals surface area contributed by atoms with Gasteiger partial charge < -0.3 is 10.1 Å². The van der Waals surface area contributed by atoms with Crippen LogP contribution in [-0.2, 0) is 9.53 Å². The number of rotatable bonds is 3. The third-order valence-corrected chi connectivity index (χ3v) is 3.13. The molecule has 0 spiro atoms. The highest BCUT2D eigenvalue weighted by atomic mass is 35.5. The second-order valence-corrected chi connectivity index (χ2v) is 4.50. The van der Waals surface area contributed by atoms with Gasteiger partial charge >= 0.3 is 5.97 Å². The topological polar surface area (TPSA) is 38.3 Å². The van der Waals surface area contributed by atoms with Gasteiger partial charge in [-0.3, -0.25) is 4.79 Å². The molecule has 1 aliphatic heterocycles. The van der Waals surface area contributed by atoms with Gasteiger partial charge in [-0.15, -0.1) is 12.4 Å². The van der Waals surface area contributed by atoms with Crippen LogP contribution in [-0.4, -0.2) is 18.6 Å². The molecule has 1 aliphatic rings. The van der Waals surface area contributed by atoms with Crippen molar-refractivity contribution in [2.45, 2.75) is 38.3 Å². The van der Waals surface area contributed by atoms with Crippen molar-refractivity contribution in [3.05, 3.63) is 35.9 Å². The fourth-order valence-electron chi connectivity index (χ4n) is 2.34. The van der Waals surface area contributed by atoms with Crippen LogP contribution in [0.3, 0.4) is 0 Å². The van der Waals surface area contributed by atoms with Crippen LogP contribution in [0.5, 0.6) is 0 Å². The highest BCUT2D eigenvalue weighted by Crippen LogP contribution is 2.26. The van der Waals surface area contributed by atoms with Gasteiger partial charge in [0.05, 0.1) is 0 Å². The van der Waals surface area contributed by atoms with Crippen molar-refractivity contribution in [2.75, 3.05) is 6.54 Å². The number of hydrogen-bond donors (Lipinski definition) is 1. The number of carbonyl (C=O) groups is 1. The molecule has 1 heterocycles. The van der Waals surface area contributed by atoms with E-state index < -0.39 is 0 Å². The Morgan fingerprint density at radius 2 is 2.06 bits per heavy atom. The molecule has 1 N–H and O–H groups in total. The first kappa shape index (κ1) is 15.0. The average Bonchev–Trinajstić information content (AvgIpc) is 2.38. The number of hydrogen-bond acceptors (Lipinski definition) is 3. The number of nitrogens with one attached hydrogen (secondary N) is 1. The molecule has 4 heteroatoms. The van der Waals surface area contributed by atoms with E-state index in [-0.39, 0.29) is 30.5 Å². The van der Waals surface area contributed by atoms with E-state index in [2.05, 4.69) is 5.32 Å². The largest absolute Gasteiger partial charge is 0.456 e. The SMILES string of the molecule is CC(=O)O[C@H](c1ccccc1)[C@H]1CCCCN1.Cl. The summed E-state index contributed by atoms with van der Waals surface area (Å²) >= 11 is 0. The maximum absolute atomic E-state index is 11.2. The second-order valence-electron chi connectivity index (χ2n) is 4.50. The number of benzene rings is 1. The van der Waals surface area contributed by atoms with E-state index in [0.717, 1.165) is 18.5 Å². The van der Waals surface area contributed by atoms with Crippen LogP contribution in [0.4, 0.5) is 0 Å². The van der Waals surface area contributed by atoms with E-state index in [1.165, 1.54) is 19.8 Å². The smallest absolute Gasteiger partial charge is 0.303 e. The van der Waals surface area contributed by atoms with Crippen LogP contribution in [0.25, 0.3) is 0 Å². The molecule has 0 radical (unpaired) electrons. The minimum absolute atomic E-state index is 0. The molecule has 1 saturated heterocycles. The molecule has 0 amide bonds. The third-order valence-electron chi connectivity index (χ3n) is 3.13. The van der Waals surface area contributed by atoms with Crippen molar-refractivity contribution < 1.29 is 9.53 Å². The number of halogens is 1. The molecule has 0 aromatic heterocycles. The monoisotopic (exact) mass is 269 g/mol. The third kappa shape index (κ3) is 4.00. The number of ether oxygens (including phenoxy) is 1. The highest BCUT2D eigenvalue weighted by Gasteiger charge is 2.26. The van der Waals surface area contributed by atoms with Gasteiger partial charge in [-0.25, -0.2) is 0 Å². The Balaban J connectivity index is 0.00000162. The Morgan fingerprint density at radius 1 is 1.33 bits per heavy atom. The summed E-state index contributed by atoms with van der Waals surface area (Å²) in [4.78, 5) is 11.2. The molecule has 0 aliphatic carbocycles. The maximum Gasteiger partial charge on any atom is 0.303 e. The van der Waals surface area contributed by atoms with Crippen LogP contribution >= 0.6 is 12.4 Å². The Hall–Kier alpha value is -1.06. The van der Waals surface area contributed by atoms with E-state index in [4.69, 9.17) is 4.74 Å². The molecule has 2 atom stereocenters. The van der Waals surface area contributed by atoms with Crippen LogP contribution in [0.1, 0.15) is 37.9 Å². The predicted molar refractivity (Wildman–Crippen MR) is 73.8 cm³/mol. The molecule has 0 bridgehead atoms. The van der Waals surface area contributed by atoms with Crippen LogP contribution in [0.2, 0.25) is 0 Å². The van der Waals surface area contributed by atoms with Crippen molar-refractivity contribution in [2.24, 2.45) is 0 Å². The molecule has 3 nitrogen and oxygen atoms in total. The fourth-order valence-corrected chi connectivity index (χ4v) is 2.34. The molecule has 18 heavy (non-hydrogen) atoms. The molecule has 0 unspecified atom stereocenters. The zero-order valence-corrected chi connectivity index (χ0v) is 11.4. The molecule has 1 fully saturated rings. The van der Waals surface area contributed by atoms with Gasteiger partial charge in [0.25, 0.3) is 0 Å². The molecule has 2 rings (SSSR count). The van der Waals surface area contributed by atoms with E-state index in [1.807, 2.05) is 30.3 Å². The summed E-state index contributed by atoms with van der Waals surface area (Å²) in [5, 5.41) is 3.45. The summed E-state index contributed by atoms with van der Waals surface area (Å²) in [6, 6.07) is 10.2. The lowest BCUT2D eigenvalue weighted by Gasteiger charge is -2.31. The van der Waals surface area contributed by atoms with E-state index in [9.17, 15) is 4.79 Å². The lowest BCUT2D eigenvalue weighted by Crippen LogP contribution is -2.40. The second kappa shape index (κ2) is 7.39. The first-order valence-electron chi connectivity index (χ1n) is 6.23. The maximum atomic E-state index is 11.2. The Bertz CT molecular complexity index is 363.